The van der Waals surface area contributed by atoms with Gasteiger partial charge in [-0.25, -0.2) is 4.39 Å². The number of hydrogen-bond acceptors (Lipinski definition) is 5. The molecule has 0 spiro atoms. The first-order valence-corrected chi connectivity index (χ1v) is 9.74. The molecule has 27 heavy (non-hydrogen) atoms. The molecule has 0 unspecified atom stereocenters. The van der Waals surface area contributed by atoms with Crippen LogP contribution in [0.5, 0.6) is 0 Å². The largest absolute Gasteiger partial charge is 0.293 e. The average Bonchev–Trinajstić information content (AvgIpc) is 3.36. The summed E-state index contributed by atoms with van der Waals surface area (Å²) in [6.45, 7) is 0. The summed E-state index contributed by atoms with van der Waals surface area (Å²) in [6.07, 6.45) is 0.0677. The normalized spacial score (nSPS) is 10.4. The lowest BCUT2D eigenvalue weighted by atomic mass is 10.2. The highest BCUT2D eigenvalue weighted by atomic mass is 32.1. The van der Waals surface area contributed by atoms with Gasteiger partial charge in [-0.3, -0.25) is 25.2 Å². The molecule has 3 aromatic rings. The molecule has 0 aliphatic heterocycles. The first kappa shape index (κ1) is 18.9. The maximum absolute atomic E-state index is 13.0. The van der Waals surface area contributed by atoms with Crippen molar-refractivity contribution in [3.8, 4) is 10.4 Å². The highest BCUT2D eigenvalue weighted by Gasteiger charge is 2.13. The summed E-state index contributed by atoms with van der Waals surface area (Å²) >= 11 is 2.56. The average molecular weight is 402 g/mol. The molecule has 1 aromatic carbocycles. The van der Waals surface area contributed by atoms with E-state index in [1.54, 1.807) is 41.8 Å². The number of hydrazine groups is 1. The summed E-state index contributed by atoms with van der Waals surface area (Å²) in [6, 6.07) is 12.9. The van der Waals surface area contributed by atoms with Crippen LogP contribution < -0.4 is 10.9 Å². The monoisotopic (exact) mass is 402 g/mol. The second kappa shape index (κ2) is 8.70. The second-order valence-corrected chi connectivity index (χ2v) is 7.61. The Morgan fingerprint density at radius 3 is 2.37 bits per heavy atom. The molecule has 0 aliphatic carbocycles. The molecular weight excluding hydrogens is 387 g/mol. The minimum absolute atomic E-state index is 0.0116. The Bertz CT molecular complexity index is 950. The molecule has 138 valence electrons. The van der Waals surface area contributed by atoms with Gasteiger partial charge in [0.25, 0.3) is 5.91 Å². The van der Waals surface area contributed by atoms with E-state index in [4.69, 9.17) is 0 Å². The van der Waals surface area contributed by atoms with Crippen molar-refractivity contribution in [1.29, 1.82) is 0 Å². The molecule has 0 fully saturated rings. The van der Waals surface area contributed by atoms with Crippen molar-refractivity contribution in [1.82, 2.24) is 10.9 Å². The highest BCUT2D eigenvalue weighted by Crippen LogP contribution is 2.28. The number of hydrogen-bond donors (Lipinski definition) is 2. The van der Waals surface area contributed by atoms with Gasteiger partial charge >= 0.3 is 0 Å². The molecule has 2 heterocycles. The number of thiophene rings is 2. The van der Waals surface area contributed by atoms with Gasteiger partial charge in [0, 0.05) is 17.7 Å². The quantitative estimate of drug-likeness (QED) is 0.483. The van der Waals surface area contributed by atoms with Crippen molar-refractivity contribution in [2.24, 2.45) is 0 Å². The summed E-state index contributed by atoms with van der Waals surface area (Å²) in [5.74, 6) is -1.32. The van der Waals surface area contributed by atoms with Crippen LogP contribution in [0.2, 0.25) is 0 Å². The second-order valence-electron chi connectivity index (χ2n) is 5.57. The van der Waals surface area contributed by atoms with Crippen LogP contribution in [0.4, 0.5) is 4.39 Å². The molecule has 0 saturated carbocycles. The Balaban J connectivity index is 1.48. The van der Waals surface area contributed by atoms with E-state index in [0.29, 0.717) is 9.75 Å². The van der Waals surface area contributed by atoms with E-state index in [0.717, 1.165) is 10.4 Å². The van der Waals surface area contributed by atoms with Crippen LogP contribution in [0.1, 0.15) is 32.2 Å². The zero-order valence-corrected chi connectivity index (χ0v) is 15.7. The number of carbonyl (C=O) groups is 3. The van der Waals surface area contributed by atoms with Crippen molar-refractivity contribution in [2.45, 2.75) is 12.8 Å². The molecule has 3 rings (SSSR count). The van der Waals surface area contributed by atoms with Crippen molar-refractivity contribution in [2.75, 3.05) is 0 Å². The smallest absolute Gasteiger partial charge is 0.279 e. The molecule has 0 saturated heterocycles. The van der Waals surface area contributed by atoms with Gasteiger partial charge < -0.3 is 0 Å². The number of benzene rings is 1. The fourth-order valence-corrected chi connectivity index (χ4v) is 3.87. The predicted octanol–water partition coefficient (Wildman–Crippen LogP) is 4.04. The lowest BCUT2D eigenvalue weighted by molar-refractivity contribution is -0.121. The molecule has 2 aromatic heterocycles. The van der Waals surface area contributed by atoms with Gasteiger partial charge in [-0.15, -0.1) is 22.7 Å². The number of rotatable bonds is 6. The Morgan fingerprint density at radius 2 is 1.67 bits per heavy atom. The van der Waals surface area contributed by atoms with Crippen LogP contribution in [-0.2, 0) is 4.79 Å². The standard InChI is InChI=1S/C19H15FN2O3S2/c20-13-5-3-12(4-6-13)15-8-9-17(27-15)19(25)22-21-18(24)10-7-14(23)16-2-1-11-26-16/h1-6,8-9,11H,7,10H2,(H,21,24)(H,22,25). The summed E-state index contributed by atoms with van der Waals surface area (Å²) < 4.78 is 13.0. The molecule has 0 aliphatic rings. The molecule has 2 amide bonds. The Morgan fingerprint density at radius 1 is 0.889 bits per heavy atom. The number of Topliss-reactive ketones (excluding diaryl/α,β-unsaturated/α-hetero) is 1. The number of amides is 2. The van der Waals surface area contributed by atoms with E-state index in [1.165, 1.54) is 34.8 Å². The third kappa shape index (κ3) is 5.08. The van der Waals surface area contributed by atoms with E-state index in [1.807, 2.05) is 0 Å². The zero-order chi connectivity index (χ0) is 19.2. The van der Waals surface area contributed by atoms with Gasteiger partial charge in [-0.2, -0.15) is 0 Å². The molecule has 0 bridgehead atoms. The summed E-state index contributed by atoms with van der Waals surface area (Å²) in [7, 11) is 0. The Kier molecular flexibility index (Phi) is 6.10. The van der Waals surface area contributed by atoms with E-state index in [-0.39, 0.29) is 24.4 Å². The van der Waals surface area contributed by atoms with Gasteiger partial charge in [0.15, 0.2) is 5.78 Å². The van der Waals surface area contributed by atoms with Crippen molar-refractivity contribution in [3.05, 3.63) is 69.5 Å². The minimum atomic E-state index is -0.453. The molecule has 0 atom stereocenters. The van der Waals surface area contributed by atoms with Crippen LogP contribution in [0.3, 0.4) is 0 Å². The molecule has 8 heteroatoms. The van der Waals surface area contributed by atoms with Crippen molar-refractivity contribution >= 4 is 40.3 Å². The van der Waals surface area contributed by atoms with Crippen LogP contribution in [0, 0.1) is 5.82 Å². The van der Waals surface area contributed by atoms with Gasteiger partial charge in [0.2, 0.25) is 5.91 Å². The lowest BCUT2D eigenvalue weighted by Crippen LogP contribution is -2.41. The van der Waals surface area contributed by atoms with Crippen LogP contribution in [0.15, 0.2) is 53.9 Å². The zero-order valence-electron chi connectivity index (χ0n) is 14.0. The van der Waals surface area contributed by atoms with Crippen molar-refractivity contribution < 1.29 is 18.8 Å². The fourth-order valence-electron chi connectivity index (χ4n) is 2.27. The van der Waals surface area contributed by atoms with Crippen LogP contribution in [0.25, 0.3) is 10.4 Å². The van der Waals surface area contributed by atoms with E-state index < -0.39 is 11.8 Å². The third-order valence-electron chi connectivity index (χ3n) is 3.65. The SMILES string of the molecule is O=C(CCC(=O)c1cccs1)NNC(=O)c1ccc(-c2ccc(F)cc2)s1. The Hall–Kier alpha value is -2.84. The first-order valence-electron chi connectivity index (χ1n) is 8.04. The van der Waals surface area contributed by atoms with E-state index >= 15 is 0 Å². The Labute approximate surface area is 162 Å². The van der Waals surface area contributed by atoms with Crippen LogP contribution in [-0.4, -0.2) is 17.6 Å². The maximum atomic E-state index is 13.0. The third-order valence-corrected chi connectivity index (χ3v) is 5.69. The molecule has 2 N–H and O–H groups in total. The number of nitrogens with one attached hydrogen (secondary N) is 2. The minimum Gasteiger partial charge on any atom is -0.293 e. The van der Waals surface area contributed by atoms with Crippen molar-refractivity contribution in [3.63, 3.8) is 0 Å². The molecule has 5 nitrogen and oxygen atoms in total. The number of carbonyl (C=O) groups excluding carboxylic acids is 3. The van der Waals surface area contributed by atoms with Gasteiger partial charge in [0.1, 0.15) is 5.82 Å². The van der Waals surface area contributed by atoms with Gasteiger partial charge in [-0.1, -0.05) is 18.2 Å². The topological polar surface area (TPSA) is 75.3 Å². The highest BCUT2D eigenvalue weighted by molar-refractivity contribution is 7.17. The summed E-state index contributed by atoms with van der Waals surface area (Å²) in [5, 5.41) is 1.80. The summed E-state index contributed by atoms with van der Waals surface area (Å²) in [4.78, 5) is 37.6. The number of halogens is 1. The van der Waals surface area contributed by atoms with Crippen LogP contribution >= 0.6 is 22.7 Å². The lowest BCUT2D eigenvalue weighted by Gasteiger charge is -2.05. The number of ketones is 1. The molecular formula is C19H15FN2O3S2. The van der Waals surface area contributed by atoms with Gasteiger partial charge in [-0.05, 0) is 41.3 Å². The van der Waals surface area contributed by atoms with E-state index in [2.05, 4.69) is 10.9 Å². The maximum Gasteiger partial charge on any atom is 0.279 e. The van der Waals surface area contributed by atoms with E-state index in [9.17, 15) is 18.8 Å². The first-order chi connectivity index (χ1) is 13.0. The fraction of sp³-hybridized carbons (Fsp3) is 0.105. The summed E-state index contributed by atoms with van der Waals surface area (Å²) in [5.41, 5.74) is 5.44. The predicted molar refractivity (Wildman–Crippen MR) is 103 cm³/mol. The van der Waals surface area contributed by atoms with Gasteiger partial charge in [0.05, 0.1) is 9.75 Å². The molecule has 0 radical (unpaired) electrons.